The van der Waals surface area contributed by atoms with Crippen LogP contribution in [0.1, 0.15) is 6.92 Å². The summed E-state index contributed by atoms with van der Waals surface area (Å²) in [5.41, 5.74) is 1.27. The van der Waals surface area contributed by atoms with E-state index in [1.54, 1.807) is 7.11 Å². The zero-order chi connectivity index (χ0) is 5.70. The van der Waals surface area contributed by atoms with E-state index in [9.17, 15) is 0 Å². The van der Waals surface area contributed by atoms with E-state index in [0.717, 1.165) is 6.61 Å². The summed E-state index contributed by atoms with van der Waals surface area (Å²) in [5.74, 6) is 0. The molecule has 42 valence electrons. The quantitative estimate of drug-likeness (QED) is 0.636. The predicted molar refractivity (Wildman–Crippen MR) is 39.7 cm³/mol. The van der Waals surface area contributed by atoms with Crippen LogP contribution in [0.2, 0.25) is 0 Å². The Kier molecular flexibility index (Phi) is 4.87. The lowest BCUT2D eigenvalue weighted by Gasteiger charge is -1.92. The summed E-state index contributed by atoms with van der Waals surface area (Å²) in [6, 6.07) is 0. The molecule has 0 aromatic rings. The molecule has 0 heterocycles. The summed E-state index contributed by atoms with van der Waals surface area (Å²) in [6.07, 6.45) is 0. The fourth-order valence-electron chi connectivity index (χ4n) is 0.259. The molecule has 0 spiro atoms. The van der Waals surface area contributed by atoms with E-state index in [1.807, 2.05) is 11.0 Å². The highest BCUT2D eigenvalue weighted by Gasteiger charge is 1.80. The molecular weight excluding hydrogens is 203 g/mol. The number of methoxy groups -OCH3 is 1. The maximum absolute atomic E-state index is 4.82. The van der Waals surface area contributed by atoms with Crippen LogP contribution in [0.3, 0.4) is 0 Å². The van der Waals surface area contributed by atoms with E-state index in [1.165, 1.54) is 5.57 Å². The lowest BCUT2D eigenvalue weighted by molar-refractivity contribution is 0.226. The molecule has 0 N–H and O–H groups in total. The molecule has 0 aromatic heterocycles. The molecule has 0 aliphatic rings. The number of halogens is 1. The summed E-state index contributed by atoms with van der Waals surface area (Å²) in [4.78, 5) is 0. The van der Waals surface area contributed by atoms with Gasteiger partial charge in [-0.1, -0.05) is 22.6 Å². The first kappa shape index (κ1) is 7.43. The Balaban J connectivity index is 3.17. The van der Waals surface area contributed by atoms with Gasteiger partial charge >= 0.3 is 0 Å². The lowest BCUT2D eigenvalue weighted by atomic mass is 10.4. The third-order valence-corrected chi connectivity index (χ3v) is 1.62. The number of ether oxygens (including phenoxy) is 1. The van der Waals surface area contributed by atoms with Crippen molar-refractivity contribution < 1.29 is 4.74 Å². The van der Waals surface area contributed by atoms with Crippen molar-refractivity contribution in [2.75, 3.05) is 13.7 Å². The normalized spacial score (nSPS) is 12.1. The van der Waals surface area contributed by atoms with Crippen LogP contribution >= 0.6 is 22.6 Å². The smallest absolute Gasteiger partial charge is 0.0677 e. The summed E-state index contributed by atoms with van der Waals surface area (Å²) in [5, 5.41) is 0. The molecule has 0 aliphatic heterocycles. The maximum Gasteiger partial charge on any atom is 0.0677 e. The van der Waals surface area contributed by atoms with Gasteiger partial charge in [0.2, 0.25) is 0 Å². The van der Waals surface area contributed by atoms with Gasteiger partial charge in [0.15, 0.2) is 0 Å². The van der Waals surface area contributed by atoms with E-state index in [4.69, 9.17) is 4.74 Å². The molecule has 0 fully saturated rings. The summed E-state index contributed by atoms with van der Waals surface area (Å²) >= 11 is 2.19. The Morgan fingerprint density at radius 2 is 2.43 bits per heavy atom. The number of rotatable bonds is 2. The Labute approximate surface area is 57.9 Å². The first-order valence-corrected chi connectivity index (χ1v) is 3.30. The van der Waals surface area contributed by atoms with Gasteiger partial charge in [0, 0.05) is 7.11 Å². The van der Waals surface area contributed by atoms with Crippen LogP contribution in [0.4, 0.5) is 0 Å². The molecule has 7 heavy (non-hydrogen) atoms. The van der Waals surface area contributed by atoms with Gasteiger partial charge in [0.1, 0.15) is 0 Å². The molecule has 0 radical (unpaired) electrons. The Bertz CT molecular complexity index is 68.5. The average Bonchev–Trinajstić information content (AvgIpc) is 1.68. The minimum Gasteiger partial charge on any atom is -0.380 e. The molecular formula is C5H9IO. The highest BCUT2D eigenvalue weighted by Crippen LogP contribution is 1.95. The van der Waals surface area contributed by atoms with Gasteiger partial charge in [-0.3, -0.25) is 0 Å². The first-order chi connectivity index (χ1) is 3.31. The Hall–Kier alpha value is 0.430. The maximum atomic E-state index is 4.82. The van der Waals surface area contributed by atoms with Gasteiger partial charge in [-0.05, 0) is 16.6 Å². The standard InChI is InChI=1S/C5H9IO/c1-5(3-6)4-7-2/h3H,4H2,1-2H3. The average molecular weight is 212 g/mol. The molecule has 0 rings (SSSR count). The summed E-state index contributed by atoms with van der Waals surface area (Å²) in [6.45, 7) is 2.79. The molecule has 0 unspecified atom stereocenters. The van der Waals surface area contributed by atoms with Crippen LogP contribution in [0, 0.1) is 0 Å². The first-order valence-electron chi connectivity index (χ1n) is 2.06. The van der Waals surface area contributed by atoms with Crippen LogP contribution in [-0.4, -0.2) is 13.7 Å². The second-order valence-corrected chi connectivity index (χ2v) is 2.01. The van der Waals surface area contributed by atoms with E-state index in [0.29, 0.717) is 0 Å². The zero-order valence-electron chi connectivity index (χ0n) is 4.57. The van der Waals surface area contributed by atoms with Crippen molar-refractivity contribution in [3.05, 3.63) is 9.66 Å². The van der Waals surface area contributed by atoms with Crippen molar-refractivity contribution in [2.24, 2.45) is 0 Å². The van der Waals surface area contributed by atoms with E-state index >= 15 is 0 Å². The Morgan fingerprint density at radius 1 is 1.86 bits per heavy atom. The van der Waals surface area contributed by atoms with Crippen molar-refractivity contribution in [3.8, 4) is 0 Å². The van der Waals surface area contributed by atoms with Gasteiger partial charge in [-0.2, -0.15) is 0 Å². The van der Waals surface area contributed by atoms with Crippen LogP contribution in [-0.2, 0) is 4.74 Å². The van der Waals surface area contributed by atoms with Gasteiger partial charge in [-0.15, -0.1) is 0 Å². The van der Waals surface area contributed by atoms with E-state index in [-0.39, 0.29) is 0 Å². The van der Waals surface area contributed by atoms with Crippen LogP contribution < -0.4 is 0 Å². The van der Waals surface area contributed by atoms with E-state index in [2.05, 4.69) is 22.6 Å². The van der Waals surface area contributed by atoms with Crippen molar-refractivity contribution in [3.63, 3.8) is 0 Å². The predicted octanol–water partition coefficient (Wildman–Crippen LogP) is 1.97. The molecule has 0 amide bonds. The molecule has 0 aromatic carbocycles. The Morgan fingerprint density at radius 3 is 2.57 bits per heavy atom. The topological polar surface area (TPSA) is 9.23 Å². The summed E-state index contributed by atoms with van der Waals surface area (Å²) < 4.78 is 6.84. The van der Waals surface area contributed by atoms with Crippen molar-refractivity contribution in [2.45, 2.75) is 6.92 Å². The van der Waals surface area contributed by atoms with Crippen molar-refractivity contribution in [1.82, 2.24) is 0 Å². The third kappa shape index (κ3) is 4.28. The largest absolute Gasteiger partial charge is 0.380 e. The van der Waals surface area contributed by atoms with Crippen molar-refractivity contribution >= 4 is 22.6 Å². The fraction of sp³-hybridized carbons (Fsp3) is 0.600. The van der Waals surface area contributed by atoms with Gasteiger partial charge in [-0.25, -0.2) is 0 Å². The fourth-order valence-corrected chi connectivity index (χ4v) is 0.439. The molecule has 0 atom stereocenters. The minimum atomic E-state index is 0.753. The van der Waals surface area contributed by atoms with Crippen molar-refractivity contribution in [1.29, 1.82) is 0 Å². The monoisotopic (exact) mass is 212 g/mol. The molecule has 0 saturated carbocycles. The minimum absolute atomic E-state index is 0.753. The highest BCUT2D eigenvalue weighted by atomic mass is 127. The molecule has 1 nitrogen and oxygen atoms in total. The third-order valence-electron chi connectivity index (χ3n) is 0.558. The number of hydrogen-bond donors (Lipinski definition) is 0. The second-order valence-electron chi connectivity index (χ2n) is 1.39. The highest BCUT2D eigenvalue weighted by molar-refractivity contribution is 14.1. The zero-order valence-corrected chi connectivity index (χ0v) is 6.73. The molecule has 0 bridgehead atoms. The van der Waals surface area contributed by atoms with Crippen LogP contribution in [0.5, 0.6) is 0 Å². The molecule has 0 saturated heterocycles. The number of hydrogen-bond acceptors (Lipinski definition) is 1. The second kappa shape index (κ2) is 4.59. The summed E-state index contributed by atoms with van der Waals surface area (Å²) in [7, 11) is 1.70. The van der Waals surface area contributed by atoms with Gasteiger partial charge < -0.3 is 4.74 Å². The SMILES string of the molecule is COCC(C)=CI. The van der Waals surface area contributed by atoms with Crippen LogP contribution in [0.15, 0.2) is 9.66 Å². The van der Waals surface area contributed by atoms with Crippen LogP contribution in [0.25, 0.3) is 0 Å². The van der Waals surface area contributed by atoms with Gasteiger partial charge in [0.05, 0.1) is 6.61 Å². The van der Waals surface area contributed by atoms with Gasteiger partial charge in [0.25, 0.3) is 0 Å². The molecule has 2 heteroatoms. The molecule has 0 aliphatic carbocycles. The lowest BCUT2D eigenvalue weighted by Crippen LogP contribution is -1.86. The van der Waals surface area contributed by atoms with E-state index < -0.39 is 0 Å².